The van der Waals surface area contributed by atoms with Gasteiger partial charge in [-0.3, -0.25) is 9.36 Å². The number of aromatic nitrogens is 2. The van der Waals surface area contributed by atoms with E-state index < -0.39 is 23.9 Å². The van der Waals surface area contributed by atoms with Crippen molar-refractivity contribution in [1.29, 1.82) is 0 Å². The molecule has 0 spiro atoms. The number of fused-ring (bicyclic) bond motifs is 2. The summed E-state index contributed by atoms with van der Waals surface area (Å²) in [5.74, 6) is 0.309. The SMILES string of the molecule is O=c1c2ccc(C(F)(F)F)cc2nc2n1CCC2=Cc1ccc(OC(F)F)cc1. The maximum absolute atomic E-state index is 13.0. The molecule has 0 amide bonds. The Bertz CT molecular complexity index is 1160. The van der Waals surface area contributed by atoms with Crippen LogP contribution in [-0.4, -0.2) is 16.2 Å². The fraction of sp³-hybridized carbons (Fsp3) is 0.200. The van der Waals surface area contributed by atoms with Crippen molar-refractivity contribution in [3.8, 4) is 5.75 Å². The Kier molecular flexibility index (Phi) is 4.60. The normalized spacial score (nSPS) is 15.3. The lowest BCUT2D eigenvalue weighted by atomic mass is 10.1. The van der Waals surface area contributed by atoms with Crippen molar-refractivity contribution in [1.82, 2.24) is 9.55 Å². The third kappa shape index (κ3) is 3.72. The molecule has 1 aliphatic heterocycles. The number of hydrogen-bond donors (Lipinski definition) is 0. The third-order valence-electron chi connectivity index (χ3n) is 4.62. The predicted octanol–water partition coefficient (Wildman–Crippen LogP) is 4.96. The molecule has 0 aliphatic carbocycles. The Hall–Kier alpha value is -3.23. The first-order valence-corrected chi connectivity index (χ1v) is 8.60. The molecule has 0 N–H and O–H groups in total. The Morgan fingerprint density at radius 2 is 1.83 bits per heavy atom. The van der Waals surface area contributed by atoms with E-state index in [9.17, 15) is 26.7 Å². The minimum absolute atomic E-state index is 0.00832. The highest BCUT2D eigenvalue weighted by atomic mass is 19.4. The lowest BCUT2D eigenvalue weighted by Gasteiger charge is -2.09. The molecule has 150 valence electrons. The summed E-state index contributed by atoms with van der Waals surface area (Å²) in [6.45, 7) is -2.57. The molecule has 3 aromatic rings. The molecule has 0 radical (unpaired) electrons. The summed E-state index contributed by atoms with van der Waals surface area (Å²) in [7, 11) is 0. The summed E-state index contributed by atoms with van der Waals surface area (Å²) in [5, 5.41) is 0.122. The molecule has 29 heavy (non-hydrogen) atoms. The van der Waals surface area contributed by atoms with Crippen LogP contribution in [0.2, 0.25) is 0 Å². The molecule has 2 heterocycles. The van der Waals surface area contributed by atoms with Crippen LogP contribution in [0.25, 0.3) is 22.6 Å². The van der Waals surface area contributed by atoms with Gasteiger partial charge >= 0.3 is 12.8 Å². The highest BCUT2D eigenvalue weighted by Gasteiger charge is 2.31. The number of rotatable bonds is 3. The topological polar surface area (TPSA) is 44.1 Å². The highest BCUT2D eigenvalue weighted by Crippen LogP contribution is 2.32. The van der Waals surface area contributed by atoms with Gasteiger partial charge in [0, 0.05) is 6.54 Å². The smallest absolute Gasteiger partial charge is 0.416 e. The maximum Gasteiger partial charge on any atom is 0.416 e. The first-order valence-electron chi connectivity index (χ1n) is 8.60. The summed E-state index contributed by atoms with van der Waals surface area (Å²) in [5.41, 5.74) is 0.0322. The monoisotopic (exact) mass is 408 g/mol. The summed E-state index contributed by atoms with van der Waals surface area (Å²) in [6.07, 6.45) is -2.34. The Morgan fingerprint density at radius 3 is 2.48 bits per heavy atom. The van der Waals surface area contributed by atoms with Crippen LogP contribution in [-0.2, 0) is 12.7 Å². The molecule has 0 saturated heterocycles. The van der Waals surface area contributed by atoms with Gasteiger partial charge < -0.3 is 4.74 Å². The van der Waals surface area contributed by atoms with Crippen molar-refractivity contribution in [3.05, 3.63) is 69.8 Å². The average Bonchev–Trinajstić information content (AvgIpc) is 3.05. The van der Waals surface area contributed by atoms with Crippen LogP contribution in [0.1, 0.15) is 23.4 Å². The van der Waals surface area contributed by atoms with Gasteiger partial charge in [-0.15, -0.1) is 0 Å². The average molecular weight is 408 g/mol. The van der Waals surface area contributed by atoms with Crippen LogP contribution >= 0.6 is 0 Å². The number of alkyl halides is 5. The number of hydrogen-bond acceptors (Lipinski definition) is 3. The molecular weight excluding hydrogens is 395 g/mol. The fourth-order valence-corrected chi connectivity index (χ4v) is 3.28. The molecule has 0 fully saturated rings. The van der Waals surface area contributed by atoms with Crippen molar-refractivity contribution in [2.45, 2.75) is 25.8 Å². The second-order valence-electron chi connectivity index (χ2n) is 6.49. The molecule has 1 aromatic heterocycles. The summed E-state index contributed by atoms with van der Waals surface area (Å²) in [6, 6.07) is 8.76. The van der Waals surface area contributed by atoms with Gasteiger partial charge in [-0.2, -0.15) is 22.0 Å². The second-order valence-corrected chi connectivity index (χ2v) is 6.49. The van der Waals surface area contributed by atoms with Gasteiger partial charge in [-0.1, -0.05) is 12.1 Å². The van der Waals surface area contributed by atoms with Crippen LogP contribution in [0.15, 0.2) is 47.3 Å². The molecule has 0 saturated carbocycles. The van der Waals surface area contributed by atoms with Gasteiger partial charge in [-0.05, 0) is 54.0 Å². The Balaban J connectivity index is 1.75. The molecule has 9 heteroatoms. The predicted molar refractivity (Wildman–Crippen MR) is 96.6 cm³/mol. The molecular formula is C20H13F5N2O2. The zero-order valence-corrected chi connectivity index (χ0v) is 14.7. The van der Waals surface area contributed by atoms with Crippen molar-refractivity contribution < 1.29 is 26.7 Å². The van der Waals surface area contributed by atoms with Crippen molar-refractivity contribution in [3.63, 3.8) is 0 Å². The van der Waals surface area contributed by atoms with Crippen LogP contribution in [0, 0.1) is 0 Å². The zero-order chi connectivity index (χ0) is 20.8. The first kappa shape index (κ1) is 19.1. The quantitative estimate of drug-likeness (QED) is 0.576. The molecule has 1 aliphatic rings. The molecule has 0 unspecified atom stereocenters. The second kappa shape index (κ2) is 6.98. The lowest BCUT2D eigenvalue weighted by molar-refractivity contribution is -0.137. The van der Waals surface area contributed by atoms with Gasteiger partial charge in [0.1, 0.15) is 11.6 Å². The van der Waals surface area contributed by atoms with E-state index in [-0.39, 0.29) is 16.7 Å². The highest BCUT2D eigenvalue weighted by molar-refractivity contribution is 5.85. The van der Waals surface area contributed by atoms with E-state index in [1.165, 1.54) is 16.7 Å². The van der Waals surface area contributed by atoms with Gasteiger partial charge in [0.25, 0.3) is 5.56 Å². The van der Waals surface area contributed by atoms with Crippen LogP contribution < -0.4 is 10.3 Å². The number of halogens is 5. The van der Waals surface area contributed by atoms with E-state index in [2.05, 4.69) is 9.72 Å². The van der Waals surface area contributed by atoms with Crippen molar-refractivity contribution >= 4 is 22.6 Å². The third-order valence-corrected chi connectivity index (χ3v) is 4.62. The van der Waals surface area contributed by atoms with Crippen LogP contribution in [0.4, 0.5) is 22.0 Å². The van der Waals surface area contributed by atoms with Gasteiger partial charge in [0.05, 0.1) is 16.5 Å². The van der Waals surface area contributed by atoms with E-state index in [4.69, 9.17) is 0 Å². The number of allylic oxidation sites excluding steroid dienone is 1. The minimum Gasteiger partial charge on any atom is -0.435 e. The molecule has 0 atom stereocenters. The Morgan fingerprint density at radius 1 is 1.10 bits per heavy atom. The Labute approximate surface area is 160 Å². The lowest BCUT2D eigenvalue weighted by Crippen LogP contribution is -2.21. The van der Waals surface area contributed by atoms with Gasteiger partial charge in [0.2, 0.25) is 0 Å². The minimum atomic E-state index is -4.54. The first-order chi connectivity index (χ1) is 13.7. The van der Waals surface area contributed by atoms with Crippen LogP contribution in [0.3, 0.4) is 0 Å². The maximum atomic E-state index is 13.0. The molecule has 0 bridgehead atoms. The van der Waals surface area contributed by atoms with Crippen molar-refractivity contribution in [2.24, 2.45) is 0 Å². The molecule has 4 nitrogen and oxygen atoms in total. The largest absolute Gasteiger partial charge is 0.435 e. The van der Waals surface area contributed by atoms with E-state index >= 15 is 0 Å². The van der Waals surface area contributed by atoms with E-state index in [1.54, 1.807) is 18.2 Å². The molecule has 2 aromatic carbocycles. The molecule has 4 rings (SSSR count). The standard InChI is InChI=1S/C20H13F5N2O2/c21-19(22)29-14-4-1-11(2-5-14)9-12-7-8-27-17(12)26-16-10-13(20(23,24)25)3-6-15(16)18(27)28/h1-6,9-10,19H,7-8H2. The number of ether oxygens (including phenoxy) is 1. The van der Waals surface area contributed by atoms with E-state index in [1.807, 2.05) is 0 Å². The van der Waals surface area contributed by atoms with Crippen LogP contribution in [0.5, 0.6) is 5.75 Å². The van der Waals surface area contributed by atoms with Gasteiger partial charge in [0.15, 0.2) is 0 Å². The van der Waals surface area contributed by atoms with E-state index in [0.29, 0.717) is 29.9 Å². The fourth-order valence-electron chi connectivity index (χ4n) is 3.28. The van der Waals surface area contributed by atoms with Crippen molar-refractivity contribution in [2.75, 3.05) is 0 Å². The number of benzene rings is 2. The summed E-state index contributed by atoms with van der Waals surface area (Å²) in [4.78, 5) is 16.9. The summed E-state index contributed by atoms with van der Waals surface area (Å²) < 4.78 is 69.2. The van der Waals surface area contributed by atoms with Gasteiger partial charge in [-0.25, -0.2) is 4.98 Å². The van der Waals surface area contributed by atoms with E-state index in [0.717, 1.165) is 18.2 Å². The summed E-state index contributed by atoms with van der Waals surface area (Å²) >= 11 is 0. The number of nitrogens with zero attached hydrogens (tertiary/aromatic N) is 2. The zero-order valence-electron chi connectivity index (χ0n) is 14.7.